The van der Waals surface area contributed by atoms with Gasteiger partial charge in [0, 0.05) is 6.07 Å². The largest absolute Gasteiger partial charge is 0.281 e. The maximum atomic E-state index is 10.6. The van der Waals surface area contributed by atoms with Gasteiger partial charge in [0.05, 0.1) is 21.5 Å². The molecule has 0 saturated carbocycles. The van der Waals surface area contributed by atoms with Crippen LogP contribution in [-0.2, 0) is 0 Å². The van der Waals surface area contributed by atoms with Crippen molar-refractivity contribution in [2.24, 2.45) is 0 Å². The number of non-ortho nitro benzene ring substituents is 1. The van der Waals surface area contributed by atoms with Gasteiger partial charge in [0.15, 0.2) is 0 Å². The summed E-state index contributed by atoms with van der Waals surface area (Å²) in [7, 11) is 0. The molecule has 0 N–H and O–H groups in total. The molecule has 0 bridgehead atoms. The van der Waals surface area contributed by atoms with E-state index in [0.717, 1.165) is 6.07 Å². The second-order valence-corrected chi connectivity index (χ2v) is 5.62. The second-order valence-electron chi connectivity index (χ2n) is 2.56. The molecule has 0 amide bonds. The standard InChI is InChI=1S/C7H4Br2N2O4/c8-7(9)5-2-1-4(10(12)13)3-6(5)11(14)15/h1-3,7H. The van der Waals surface area contributed by atoms with Crippen LogP contribution in [-0.4, -0.2) is 9.85 Å². The highest BCUT2D eigenvalue weighted by atomic mass is 79.9. The van der Waals surface area contributed by atoms with Crippen molar-refractivity contribution in [3.8, 4) is 0 Å². The summed E-state index contributed by atoms with van der Waals surface area (Å²) in [6.07, 6.45) is 0. The van der Waals surface area contributed by atoms with E-state index >= 15 is 0 Å². The number of nitro benzene ring substituents is 2. The smallest absolute Gasteiger partial charge is 0.258 e. The fraction of sp³-hybridized carbons (Fsp3) is 0.143. The van der Waals surface area contributed by atoms with E-state index in [0.29, 0.717) is 5.56 Å². The van der Waals surface area contributed by atoms with Crippen molar-refractivity contribution in [1.29, 1.82) is 0 Å². The monoisotopic (exact) mass is 338 g/mol. The average molecular weight is 340 g/mol. The fourth-order valence-electron chi connectivity index (χ4n) is 0.988. The molecule has 15 heavy (non-hydrogen) atoms. The van der Waals surface area contributed by atoms with Gasteiger partial charge in [-0.05, 0) is 6.07 Å². The van der Waals surface area contributed by atoms with Gasteiger partial charge in [0.1, 0.15) is 3.74 Å². The van der Waals surface area contributed by atoms with Gasteiger partial charge in [-0.3, -0.25) is 20.2 Å². The van der Waals surface area contributed by atoms with Crippen molar-refractivity contribution in [2.45, 2.75) is 3.74 Å². The Morgan fingerprint density at radius 1 is 1.13 bits per heavy atom. The lowest BCUT2D eigenvalue weighted by Crippen LogP contribution is -1.97. The van der Waals surface area contributed by atoms with Crippen LogP contribution in [0.3, 0.4) is 0 Å². The van der Waals surface area contributed by atoms with Crippen LogP contribution < -0.4 is 0 Å². The Morgan fingerprint density at radius 2 is 1.73 bits per heavy atom. The van der Waals surface area contributed by atoms with Gasteiger partial charge in [-0.2, -0.15) is 0 Å². The summed E-state index contributed by atoms with van der Waals surface area (Å²) in [6, 6.07) is 3.49. The number of nitrogens with zero attached hydrogens (tertiary/aromatic N) is 2. The van der Waals surface area contributed by atoms with Crippen molar-refractivity contribution in [3.05, 3.63) is 44.0 Å². The molecule has 0 aliphatic rings. The van der Waals surface area contributed by atoms with Crippen molar-refractivity contribution in [1.82, 2.24) is 0 Å². The predicted octanol–water partition coefficient (Wildman–Crippen LogP) is 3.29. The van der Waals surface area contributed by atoms with E-state index in [1.807, 2.05) is 0 Å². The molecule has 0 fully saturated rings. The summed E-state index contributed by atoms with van der Waals surface area (Å²) in [4.78, 5) is 19.7. The fourth-order valence-corrected chi connectivity index (χ4v) is 1.76. The zero-order chi connectivity index (χ0) is 11.6. The first-order valence-electron chi connectivity index (χ1n) is 3.64. The number of benzene rings is 1. The molecule has 0 aliphatic heterocycles. The first-order valence-corrected chi connectivity index (χ1v) is 5.47. The van der Waals surface area contributed by atoms with E-state index in [1.54, 1.807) is 0 Å². The molecular weight excluding hydrogens is 336 g/mol. The topological polar surface area (TPSA) is 86.3 Å². The predicted molar refractivity (Wildman–Crippen MR) is 60.3 cm³/mol. The molecule has 8 heteroatoms. The van der Waals surface area contributed by atoms with Crippen LogP contribution in [0.15, 0.2) is 18.2 Å². The Labute approximate surface area is 101 Å². The van der Waals surface area contributed by atoms with Crippen molar-refractivity contribution in [2.75, 3.05) is 0 Å². The minimum absolute atomic E-state index is 0.289. The number of alkyl halides is 2. The van der Waals surface area contributed by atoms with E-state index in [2.05, 4.69) is 31.9 Å². The molecule has 6 nitrogen and oxygen atoms in total. The lowest BCUT2D eigenvalue weighted by atomic mass is 10.2. The van der Waals surface area contributed by atoms with Gasteiger partial charge in [-0.15, -0.1) is 0 Å². The SMILES string of the molecule is O=[N+]([O-])c1ccc(C(Br)Br)c([N+](=O)[O-])c1. The molecule has 1 aromatic rings. The maximum absolute atomic E-state index is 10.6. The maximum Gasteiger partial charge on any atom is 0.281 e. The Morgan fingerprint density at radius 3 is 2.13 bits per heavy atom. The molecule has 0 unspecified atom stereocenters. The highest BCUT2D eigenvalue weighted by molar-refractivity contribution is 9.24. The highest BCUT2D eigenvalue weighted by Crippen LogP contribution is 2.37. The Hall–Kier alpha value is -1.02. The minimum atomic E-state index is -0.672. The molecular formula is C7H4Br2N2O4. The number of rotatable bonds is 3. The average Bonchev–Trinajstić information content (AvgIpc) is 2.16. The van der Waals surface area contributed by atoms with E-state index in [1.165, 1.54) is 12.1 Å². The van der Waals surface area contributed by atoms with Crippen LogP contribution in [0.25, 0.3) is 0 Å². The van der Waals surface area contributed by atoms with Crippen LogP contribution in [0.2, 0.25) is 0 Å². The first kappa shape index (κ1) is 12.1. The molecule has 0 aromatic heterocycles. The summed E-state index contributed by atoms with van der Waals surface area (Å²) in [5.74, 6) is 0. The van der Waals surface area contributed by atoms with Crippen LogP contribution in [0.4, 0.5) is 11.4 Å². The molecule has 0 aliphatic carbocycles. The third kappa shape index (κ3) is 2.72. The van der Waals surface area contributed by atoms with Crippen molar-refractivity contribution in [3.63, 3.8) is 0 Å². The third-order valence-electron chi connectivity index (χ3n) is 1.66. The molecule has 0 saturated heterocycles. The molecule has 1 rings (SSSR count). The van der Waals surface area contributed by atoms with E-state index in [-0.39, 0.29) is 11.4 Å². The lowest BCUT2D eigenvalue weighted by molar-refractivity contribution is -0.394. The Balaban J connectivity index is 3.33. The molecule has 80 valence electrons. The van der Waals surface area contributed by atoms with Crippen LogP contribution in [0.1, 0.15) is 9.30 Å². The van der Waals surface area contributed by atoms with Gasteiger partial charge in [0.2, 0.25) is 0 Å². The number of hydrogen-bond acceptors (Lipinski definition) is 4. The van der Waals surface area contributed by atoms with Gasteiger partial charge in [0.25, 0.3) is 11.4 Å². The summed E-state index contributed by atoms with van der Waals surface area (Å²) in [5, 5.41) is 21.1. The summed E-state index contributed by atoms with van der Waals surface area (Å²) in [6.45, 7) is 0. The number of halogens is 2. The molecule has 0 radical (unpaired) electrons. The minimum Gasteiger partial charge on any atom is -0.258 e. The Kier molecular flexibility index (Phi) is 3.75. The van der Waals surface area contributed by atoms with E-state index in [4.69, 9.17) is 0 Å². The number of nitro groups is 2. The van der Waals surface area contributed by atoms with Gasteiger partial charge in [-0.1, -0.05) is 31.9 Å². The zero-order valence-corrected chi connectivity index (χ0v) is 10.3. The van der Waals surface area contributed by atoms with Crippen LogP contribution in [0, 0.1) is 20.2 Å². The molecule has 0 atom stereocenters. The molecule has 0 spiro atoms. The summed E-state index contributed by atoms with van der Waals surface area (Å²) < 4.78 is -0.411. The van der Waals surface area contributed by atoms with Crippen LogP contribution in [0.5, 0.6) is 0 Å². The quantitative estimate of drug-likeness (QED) is 0.480. The normalized spacial score (nSPS) is 10.3. The van der Waals surface area contributed by atoms with Crippen LogP contribution >= 0.6 is 31.9 Å². The highest BCUT2D eigenvalue weighted by Gasteiger charge is 2.22. The van der Waals surface area contributed by atoms with Crippen molar-refractivity contribution < 1.29 is 9.85 Å². The summed E-state index contributed by atoms with van der Waals surface area (Å²) in [5.41, 5.74) is -0.250. The van der Waals surface area contributed by atoms with Gasteiger partial charge < -0.3 is 0 Å². The molecule has 0 heterocycles. The lowest BCUT2D eigenvalue weighted by Gasteiger charge is -2.02. The number of hydrogen-bond donors (Lipinski definition) is 0. The first-order chi connectivity index (χ1) is 6.93. The Bertz CT molecular complexity index is 421. The zero-order valence-electron chi connectivity index (χ0n) is 7.09. The van der Waals surface area contributed by atoms with Gasteiger partial charge >= 0.3 is 0 Å². The second kappa shape index (κ2) is 4.67. The molecule has 1 aromatic carbocycles. The van der Waals surface area contributed by atoms with E-state index < -0.39 is 13.6 Å². The van der Waals surface area contributed by atoms with E-state index in [9.17, 15) is 20.2 Å². The summed E-state index contributed by atoms with van der Waals surface area (Å²) >= 11 is 6.21. The third-order valence-corrected chi connectivity index (χ3v) is 2.64. The van der Waals surface area contributed by atoms with Gasteiger partial charge in [-0.25, -0.2) is 0 Å². The van der Waals surface area contributed by atoms with Crippen molar-refractivity contribution >= 4 is 43.2 Å².